The Kier molecular flexibility index (Phi) is 3.49. The molecule has 1 aromatic rings. The van der Waals surface area contributed by atoms with E-state index in [0.717, 1.165) is 0 Å². The fourth-order valence-electron chi connectivity index (χ4n) is 1.17. The van der Waals surface area contributed by atoms with Crippen molar-refractivity contribution in [3.05, 3.63) is 29.6 Å². The summed E-state index contributed by atoms with van der Waals surface area (Å²) >= 11 is 0. The van der Waals surface area contributed by atoms with E-state index in [2.05, 4.69) is 5.92 Å². The number of hydrogen-bond acceptors (Lipinski definition) is 2. The second-order valence-corrected chi connectivity index (χ2v) is 3.04. The van der Waals surface area contributed by atoms with E-state index in [0.29, 0.717) is 17.8 Å². The van der Waals surface area contributed by atoms with Gasteiger partial charge in [-0.2, -0.15) is 0 Å². The van der Waals surface area contributed by atoms with Crippen LogP contribution in [-0.2, 0) is 6.61 Å². The lowest BCUT2D eigenvalue weighted by atomic mass is 10.2. The third-order valence-electron chi connectivity index (χ3n) is 1.89. The highest BCUT2D eigenvalue weighted by atomic mass is 19.1. The summed E-state index contributed by atoms with van der Waals surface area (Å²) in [5, 5.41) is 8.87. The standard InChI is InChI=1S/C11H12FNO/c1-3-4-13(2)11-6-9(8-14)5-10(12)7-11/h1,5-7,14H,4,8H2,2H3. The molecule has 0 radical (unpaired) electrons. The molecule has 1 aromatic carbocycles. The maximum absolute atomic E-state index is 13.0. The molecule has 0 fully saturated rings. The van der Waals surface area contributed by atoms with Gasteiger partial charge in [0.25, 0.3) is 0 Å². The van der Waals surface area contributed by atoms with Crippen LogP contribution < -0.4 is 4.90 Å². The normalized spacial score (nSPS) is 9.57. The Balaban J connectivity index is 2.97. The number of anilines is 1. The summed E-state index contributed by atoms with van der Waals surface area (Å²) in [6.07, 6.45) is 5.14. The zero-order chi connectivity index (χ0) is 10.6. The smallest absolute Gasteiger partial charge is 0.125 e. The molecule has 0 spiro atoms. The van der Waals surface area contributed by atoms with E-state index >= 15 is 0 Å². The molecule has 0 unspecified atom stereocenters. The highest BCUT2D eigenvalue weighted by molar-refractivity contribution is 5.49. The molecule has 0 aliphatic carbocycles. The van der Waals surface area contributed by atoms with E-state index in [9.17, 15) is 4.39 Å². The molecule has 0 aliphatic heterocycles. The van der Waals surface area contributed by atoms with Gasteiger partial charge in [0.1, 0.15) is 5.82 Å². The summed E-state index contributed by atoms with van der Waals surface area (Å²) in [5.41, 5.74) is 1.22. The Morgan fingerprint density at radius 2 is 2.21 bits per heavy atom. The van der Waals surface area contributed by atoms with E-state index in [4.69, 9.17) is 11.5 Å². The number of halogens is 1. The Bertz CT molecular complexity index is 357. The van der Waals surface area contributed by atoms with Crippen molar-refractivity contribution in [2.45, 2.75) is 6.61 Å². The van der Waals surface area contributed by atoms with Crippen LogP contribution >= 0.6 is 0 Å². The van der Waals surface area contributed by atoms with Crippen molar-refractivity contribution in [1.29, 1.82) is 0 Å². The molecule has 0 aliphatic rings. The SMILES string of the molecule is C#CCN(C)c1cc(F)cc(CO)c1. The van der Waals surface area contributed by atoms with Gasteiger partial charge in [-0.3, -0.25) is 0 Å². The van der Waals surface area contributed by atoms with Gasteiger partial charge in [0.15, 0.2) is 0 Å². The van der Waals surface area contributed by atoms with Gasteiger partial charge < -0.3 is 10.0 Å². The maximum Gasteiger partial charge on any atom is 0.125 e. The molecule has 14 heavy (non-hydrogen) atoms. The van der Waals surface area contributed by atoms with Gasteiger partial charge in [0, 0.05) is 12.7 Å². The predicted molar refractivity (Wildman–Crippen MR) is 54.4 cm³/mol. The van der Waals surface area contributed by atoms with Gasteiger partial charge in [0.2, 0.25) is 0 Å². The van der Waals surface area contributed by atoms with Crippen LogP contribution in [0.1, 0.15) is 5.56 Å². The van der Waals surface area contributed by atoms with Crippen LogP contribution in [0, 0.1) is 18.2 Å². The fraction of sp³-hybridized carbons (Fsp3) is 0.273. The number of aliphatic hydroxyl groups excluding tert-OH is 1. The largest absolute Gasteiger partial charge is 0.392 e. The third-order valence-corrected chi connectivity index (χ3v) is 1.89. The monoisotopic (exact) mass is 193 g/mol. The van der Waals surface area contributed by atoms with Crippen molar-refractivity contribution in [2.75, 3.05) is 18.5 Å². The summed E-state index contributed by atoms with van der Waals surface area (Å²) < 4.78 is 13.0. The molecular formula is C11H12FNO. The van der Waals surface area contributed by atoms with Gasteiger partial charge in [-0.1, -0.05) is 5.92 Å². The number of hydrogen-bond donors (Lipinski definition) is 1. The second kappa shape index (κ2) is 4.64. The molecule has 0 heterocycles. The van der Waals surface area contributed by atoms with Crippen molar-refractivity contribution in [3.63, 3.8) is 0 Å². The minimum Gasteiger partial charge on any atom is -0.392 e. The van der Waals surface area contributed by atoms with Crippen molar-refractivity contribution in [1.82, 2.24) is 0 Å². The predicted octanol–water partition coefficient (Wildman–Crippen LogP) is 1.39. The van der Waals surface area contributed by atoms with Gasteiger partial charge in [-0.05, 0) is 23.8 Å². The lowest BCUT2D eigenvalue weighted by molar-refractivity contribution is 0.281. The average molecular weight is 193 g/mol. The Hall–Kier alpha value is -1.53. The molecule has 0 saturated heterocycles. The number of rotatable bonds is 3. The number of terminal acetylenes is 1. The topological polar surface area (TPSA) is 23.5 Å². The summed E-state index contributed by atoms with van der Waals surface area (Å²) in [7, 11) is 1.77. The van der Waals surface area contributed by atoms with Crippen LogP contribution in [0.25, 0.3) is 0 Å². The van der Waals surface area contributed by atoms with E-state index in [1.165, 1.54) is 12.1 Å². The molecule has 1 N–H and O–H groups in total. The van der Waals surface area contributed by atoms with E-state index in [-0.39, 0.29) is 12.4 Å². The summed E-state index contributed by atoms with van der Waals surface area (Å²) in [6, 6.07) is 4.39. The quantitative estimate of drug-likeness (QED) is 0.733. The maximum atomic E-state index is 13.0. The van der Waals surface area contributed by atoms with Crippen LogP contribution in [0.5, 0.6) is 0 Å². The van der Waals surface area contributed by atoms with Crippen LogP contribution in [-0.4, -0.2) is 18.7 Å². The molecule has 0 saturated carbocycles. The van der Waals surface area contributed by atoms with Crippen molar-refractivity contribution >= 4 is 5.69 Å². The lowest BCUT2D eigenvalue weighted by Crippen LogP contribution is -2.17. The summed E-state index contributed by atoms with van der Waals surface area (Å²) in [5.74, 6) is 2.10. The number of nitrogens with zero attached hydrogens (tertiary/aromatic N) is 1. The van der Waals surface area contributed by atoms with Gasteiger partial charge in [-0.25, -0.2) is 4.39 Å². The molecule has 0 aromatic heterocycles. The van der Waals surface area contributed by atoms with Gasteiger partial charge in [-0.15, -0.1) is 6.42 Å². The lowest BCUT2D eigenvalue weighted by Gasteiger charge is -2.16. The Morgan fingerprint density at radius 3 is 2.79 bits per heavy atom. The summed E-state index contributed by atoms with van der Waals surface area (Å²) in [4.78, 5) is 1.74. The molecule has 74 valence electrons. The average Bonchev–Trinajstić information content (AvgIpc) is 2.17. The van der Waals surface area contributed by atoms with E-state index < -0.39 is 0 Å². The Morgan fingerprint density at radius 1 is 1.50 bits per heavy atom. The van der Waals surface area contributed by atoms with E-state index in [1.54, 1.807) is 18.0 Å². The fourth-order valence-corrected chi connectivity index (χ4v) is 1.17. The van der Waals surface area contributed by atoms with Gasteiger partial charge >= 0.3 is 0 Å². The molecule has 0 amide bonds. The van der Waals surface area contributed by atoms with Crippen LogP contribution in [0.4, 0.5) is 10.1 Å². The molecular weight excluding hydrogens is 181 g/mol. The summed E-state index contributed by atoms with van der Waals surface area (Å²) in [6.45, 7) is 0.239. The molecule has 3 heteroatoms. The minimum atomic E-state index is -0.365. The van der Waals surface area contributed by atoms with Crippen molar-refractivity contribution in [2.24, 2.45) is 0 Å². The number of benzene rings is 1. The first-order valence-corrected chi connectivity index (χ1v) is 4.22. The highest BCUT2D eigenvalue weighted by Crippen LogP contribution is 2.17. The first-order valence-electron chi connectivity index (χ1n) is 4.22. The first-order chi connectivity index (χ1) is 6.67. The van der Waals surface area contributed by atoms with E-state index in [1.807, 2.05) is 0 Å². The first kappa shape index (κ1) is 10.6. The zero-order valence-corrected chi connectivity index (χ0v) is 8.00. The van der Waals surface area contributed by atoms with Crippen LogP contribution in [0.2, 0.25) is 0 Å². The molecule has 0 bridgehead atoms. The highest BCUT2D eigenvalue weighted by Gasteiger charge is 2.03. The van der Waals surface area contributed by atoms with Crippen molar-refractivity contribution < 1.29 is 9.50 Å². The van der Waals surface area contributed by atoms with Crippen molar-refractivity contribution in [3.8, 4) is 12.3 Å². The third kappa shape index (κ3) is 2.48. The second-order valence-electron chi connectivity index (χ2n) is 3.04. The molecule has 1 rings (SSSR count). The van der Waals surface area contributed by atoms with Crippen LogP contribution in [0.15, 0.2) is 18.2 Å². The van der Waals surface area contributed by atoms with Gasteiger partial charge in [0.05, 0.1) is 13.2 Å². The number of aliphatic hydroxyl groups is 1. The zero-order valence-electron chi connectivity index (χ0n) is 8.00. The van der Waals surface area contributed by atoms with Crippen LogP contribution in [0.3, 0.4) is 0 Å². The minimum absolute atomic E-state index is 0.172. The molecule has 2 nitrogen and oxygen atoms in total. The Labute approximate surface area is 83.0 Å². The molecule has 0 atom stereocenters.